The zero-order chi connectivity index (χ0) is 20.3. The zero-order valence-corrected chi connectivity index (χ0v) is 15.8. The SMILES string of the molecule is O=C1N(c2ccc(Cl)cc2)[C@@H]2CS(=O)(=O)C[C@H]2N1c1cccc(C(F)(F)F)c1. The van der Waals surface area contributed by atoms with Gasteiger partial charge in [0.2, 0.25) is 0 Å². The number of sulfone groups is 1. The smallest absolute Gasteiger partial charge is 0.288 e. The Kier molecular flexibility index (Phi) is 4.35. The van der Waals surface area contributed by atoms with E-state index in [1.165, 1.54) is 17.0 Å². The molecule has 2 aliphatic heterocycles. The van der Waals surface area contributed by atoms with Crippen LogP contribution in [0.15, 0.2) is 48.5 Å². The van der Waals surface area contributed by atoms with Gasteiger partial charge in [-0.15, -0.1) is 0 Å². The van der Waals surface area contributed by atoms with E-state index in [2.05, 4.69) is 0 Å². The first-order valence-electron chi connectivity index (χ1n) is 8.32. The average molecular weight is 431 g/mol. The van der Waals surface area contributed by atoms with Crippen molar-refractivity contribution < 1.29 is 26.4 Å². The van der Waals surface area contributed by atoms with Crippen molar-refractivity contribution in [3.05, 3.63) is 59.1 Å². The fraction of sp³-hybridized carbons (Fsp3) is 0.278. The second-order valence-electron chi connectivity index (χ2n) is 6.76. The van der Waals surface area contributed by atoms with Gasteiger partial charge in [-0.2, -0.15) is 13.2 Å². The fourth-order valence-corrected chi connectivity index (χ4v) is 5.79. The zero-order valence-electron chi connectivity index (χ0n) is 14.2. The summed E-state index contributed by atoms with van der Waals surface area (Å²) in [7, 11) is -3.44. The number of carbonyl (C=O) groups is 1. The normalized spacial score (nSPS) is 23.9. The molecule has 148 valence electrons. The van der Waals surface area contributed by atoms with Gasteiger partial charge >= 0.3 is 12.2 Å². The lowest BCUT2D eigenvalue weighted by Gasteiger charge is -2.23. The molecule has 0 aliphatic carbocycles. The molecule has 0 aromatic heterocycles. The Bertz CT molecular complexity index is 1040. The Balaban J connectivity index is 1.80. The molecule has 10 heteroatoms. The molecule has 28 heavy (non-hydrogen) atoms. The van der Waals surface area contributed by atoms with Gasteiger partial charge in [-0.1, -0.05) is 17.7 Å². The van der Waals surface area contributed by atoms with E-state index in [9.17, 15) is 26.4 Å². The second kappa shape index (κ2) is 6.38. The van der Waals surface area contributed by atoms with Crippen LogP contribution in [-0.2, 0) is 16.0 Å². The molecule has 2 fully saturated rings. The third-order valence-electron chi connectivity index (χ3n) is 4.93. The lowest BCUT2D eigenvalue weighted by molar-refractivity contribution is -0.137. The minimum Gasteiger partial charge on any atom is -0.288 e. The van der Waals surface area contributed by atoms with E-state index in [4.69, 9.17) is 11.6 Å². The molecule has 2 aliphatic rings. The lowest BCUT2D eigenvalue weighted by atomic mass is 10.1. The van der Waals surface area contributed by atoms with Crippen LogP contribution in [0.4, 0.5) is 29.3 Å². The average Bonchev–Trinajstić information content (AvgIpc) is 3.04. The molecule has 2 aromatic carbocycles. The van der Waals surface area contributed by atoms with Crippen LogP contribution in [0.1, 0.15) is 5.56 Å². The van der Waals surface area contributed by atoms with Crippen molar-refractivity contribution in [2.75, 3.05) is 21.3 Å². The van der Waals surface area contributed by atoms with Gasteiger partial charge in [-0.3, -0.25) is 9.80 Å². The van der Waals surface area contributed by atoms with Crippen molar-refractivity contribution in [2.45, 2.75) is 18.3 Å². The summed E-state index contributed by atoms with van der Waals surface area (Å²) >= 11 is 5.88. The van der Waals surface area contributed by atoms with Crippen LogP contribution in [0, 0.1) is 0 Å². The number of hydrogen-bond acceptors (Lipinski definition) is 3. The first kappa shape index (κ1) is 19.1. The molecule has 0 saturated carbocycles. The highest BCUT2D eigenvalue weighted by atomic mass is 35.5. The van der Waals surface area contributed by atoms with Gasteiger partial charge in [0.05, 0.1) is 29.2 Å². The summed E-state index contributed by atoms with van der Waals surface area (Å²) in [5.41, 5.74) is -0.445. The number of halogens is 4. The summed E-state index contributed by atoms with van der Waals surface area (Å²) in [6.07, 6.45) is -4.57. The number of amides is 2. The molecule has 0 bridgehead atoms. The van der Waals surface area contributed by atoms with Gasteiger partial charge in [0, 0.05) is 16.4 Å². The van der Waals surface area contributed by atoms with Crippen molar-refractivity contribution in [3.63, 3.8) is 0 Å². The molecule has 2 heterocycles. The van der Waals surface area contributed by atoms with E-state index in [1.807, 2.05) is 0 Å². The number of nitrogens with zero attached hydrogens (tertiary/aromatic N) is 2. The Morgan fingerprint density at radius 1 is 0.929 bits per heavy atom. The Hall–Kier alpha value is -2.26. The van der Waals surface area contributed by atoms with Crippen molar-refractivity contribution in [1.29, 1.82) is 0 Å². The first-order chi connectivity index (χ1) is 13.1. The molecule has 4 rings (SSSR count). The largest absolute Gasteiger partial charge is 0.416 e. The highest BCUT2D eigenvalue weighted by Gasteiger charge is 2.54. The van der Waals surface area contributed by atoms with E-state index in [-0.39, 0.29) is 17.2 Å². The first-order valence-corrected chi connectivity index (χ1v) is 10.5. The van der Waals surface area contributed by atoms with E-state index in [0.717, 1.165) is 17.0 Å². The van der Waals surface area contributed by atoms with Gasteiger partial charge in [0.15, 0.2) is 9.84 Å². The topological polar surface area (TPSA) is 57.7 Å². The standard InChI is InChI=1S/C18H14ClF3N2O3S/c19-12-4-6-13(7-5-12)23-15-9-28(26,27)10-16(15)24(17(23)25)14-3-1-2-11(8-14)18(20,21)22/h1-8,15-16H,9-10H2/t15-,16-/m1/s1. The third kappa shape index (κ3) is 3.22. The van der Waals surface area contributed by atoms with Gasteiger partial charge in [0.25, 0.3) is 0 Å². The Labute approximate surface area is 164 Å². The van der Waals surface area contributed by atoms with Crippen molar-refractivity contribution in [1.82, 2.24) is 0 Å². The fourth-order valence-electron chi connectivity index (χ4n) is 3.74. The molecule has 2 amide bonds. The van der Waals surface area contributed by atoms with Gasteiger partial charge in [-0.25, -0.2) is 13.2 Å². The summed E-state index contributed by atoms with van der Waals surface area (Å²) in [4.78, 5) is 15.6. The lowest BCUT2D eigenvalue weighted by Crippen LogP contribution is -2.38. The van der Waals surface area contributed by atoms with Gasteiger partial charge in [-0.05, 0) is 42.5 Å². The summed E-state index contributed by atoms with van der Waals surface area (Å²) in [6.45, 7) is 0. The number of hydrogen-bond donors (Lipinski definition) is 0. The number of anilines is 2. The third-order valence-corrected chi connectivity index (χ3v) is 6.88. The van der Waals surface area contributed by atoms with Gasteiger partial charge in [0.1, 0.15) is 0 Å². The predicted octanol–water partition coefficient (Wildman–Crippen LogP) is 3.97. The van der Waals surface area contributed by atoms with Crippen LogP contribution in [-0.4, -0.2) is 38.0 Å². The Morgan fingerprint density at radius 3 is 2.07 bits per heavy atom. The van der Waals surface area contributed by atoms with Crippen LogP contribution >= 0.6 is 11.6 Å². The summed E-state index contributed by atoms with van der Waals surface area (Å²) in [5.74, 6) is -0.550. The second-order valence-corrected chi connectivity index (χ2v) is 9.35. The molecule has 2 aromatic rings. The van der Waals surface area contributed by atoms with Gasteiger partial charge < -0.3 is 0 Å². The molecule has 0 spiro atoms. The maximum absolute atomic E-state index is 13.1. The monoisotopic (exact) mass is 430 g/mol. The Morgan fingerprint density at radius 2 is 1.50 bits per heavy atom. The van der Waals surface area contributed by atoms with Crippen LogP contribution < -0.4 is 9.80 Å². The predicted molar refractivity (Wildman–Crippen MR) is 99.5 cm³/mol. The van der Waals surface area contributed by atoms with E-state index >= 15 is 0 Å². The minimum absolute atomic E-state index is 0.0170. The molecule has 2 saturated heterocycles. The minimum atomic E-state index is -4.57. The van der Waals surface area contributed by atoms with E-state index in [1.54, 1.807) is 24.3 Å². The van der Waals surface area contributed by atoms with Crippen molar-refractivity contribution in [2.24, 2.45) is 0 Å². The highest BCUT2D eigenvalue weighted by molar-refractivity contribution is 7.91. The number of fused-ring (bicyclic) bond motifs is 1. The molecule has 0 unspecified atom stereocenters. The summed E-state index contributed by atoms with van der Waals surface area (Å²) in [5, 5.41) is 0.445. The molecule has 2 atom stereocenters. The summed E-state index contributed by atoms with van der Waals surface area (Å²) < 4.78 is 63.7. The van der Waals surface area contributed by atoms with Crippen LogP contribution in [0.3, 0.4) is 0 Å². The molecular formula is C18H14ClF3N2O3S. The number of benzene rings is 2. The maximum atomic E-state index is 13.1. The van der Waals surface area contributed by atoms with E-state index < -0.39 is 39.7 Å². The number of carbonyl (C=O) groups excluding carboxylic acids is 1. The van der Waals surface area contributed by atoms with Crippen LogP contribution in [0.5, 0.6) is 0 Å². The van der Waals surface area contributed by atoms with Crippen LogP contribution in [0.25, 0.3) is 0 Å². The molecule has 5 nitrogen and oxygen atoms in total. The highest BCUT2D eigenvalue weighted by Crippen LogP contribution is 2.40. The molecular weight excluding hydrogens is 417 g/mol. The maximum Gasteiger partial charge on any atom is 0.416 e. The van der Waals surface area contributed by atoms with Crippen molar-refractivity contribution in [3.8, 4) is 0 Å². The van der Waals surface area contributed by atoms with Crippen molar-refractivity contribution >= 4 is 38.8 Å². The summed E-state index contributed by atoms with van der Waals surface area (Å²) in [6, 6.07) is 8.63. The van der Waals surface area contributed by atoms with Crippen LogP contribution in [0.2, 0.25) is 5.02 Å². The molecule has 0 radical (unpaired) electrons. The van der Waals surface area contributed by atoms with E-state index in [0.29, 0.717) is 10.7 Å². The number of urea groups is 1. The number of rotatable bonds is 2. The molecule has 0 N–H and O–H groups in total. The number of alkyl halides is 3. The quantitative estimate of drug-likeness (QED) is 0.677.